The molecule has 7 heteroatoms. The molecule has 0 atom stereocenters. The molecule has 0 aliphatic heterocycles. The fourth-order valence-electron chi connectivity index (χ4n) is 1.01. The molecular weight excluding hydrogens is 214 g/mol. The lowest BCUT2D eigenvalue weighted by Gasteiger charge is -1.90. The smallest absolute Gasteiger partial charge is 0.414 e. The number of carboxylic acid groups (broad SMARTS) is 2. The Morgan fingerprint density at radius 1 is 1.31 bits per heavy atom. The number of rotatable bonds is 0. The number of aliphatic carboxylic acids is 2. The first-order chi connectivity index (χ1) is 7.52. The van der Waals surface area contributed by atoms with E-state index < -0.39 is 11.9 Å². The summed E-state index contributed by atoms with van der Waals surface area (Å²) in [7, 11) is 1.97. The fourth-order valence-corrected chi connectivity index (χ4v) is 1.01. The highest BCUT2D eigenvalue weighted by Gasteiger charge is 2.04. The number of hydrogen-bond acceptors (Lipinski definition) is 4. The average molecular weight is 223 g/mol. The zero-order chi connectivity index (χ0) is 12.1. The van der Waals surface area contributed by atoms with E-state index in [1.54, 1.807) is 6.33 Å². The monoisotopic (exact) mass is 223 g/mol. The first kappa shape index (κ1) is 11.6. The summed E-state index contributed by atoms with van der Waals surface area (Å²) in [6.07, 6.45) is 5.34. The minimum Gasteiger partial charge on any atom is -0.473 e. The number of aromatic nitrogens is 3. The topological polar surface area (TPSA) is 105 Å². The molecule has 2 aromatic rings. The zero-order valence-corrected chi connectivity index (χ0v) is 8.36. The van der Waals surface area contributed by atoms with Crippen molar-refractivity contribution in [2.24, 2.45) is 7.05 Å². The Kier molecular flexibility index (Phi) is 3.54. The second-order valence-electron chi connectivity index (χ2n) is 2.84. The molecule has 0 saturated heterocycles. The molecule has 16 heavy (non-hydrogen) atoms. The molecule has 0 bridgehead atoms. The number of aryl methyl sites for hydroxylation is 1. The molecule has 0 unspecified atom stereocenters. The Balaban J connectivity index is 0.000000187. The largest absolute Gasteiger partial charge is 0.473 e. The Morgan fingerprint density at radius 2 is 1.94 bits per heavy atom. The highest BCUT2D eigenvalue weighted by molar-refractivity contribution is 6.27. The highest BCUT2D eigenvalue weighted by Crippen LogP contribution is 2.07. The summed E-state index contributed by atoms with van der Waals surface area (Å²) < 4.78 is 1.97. The van der Waals surface area contributed by atoms with E-state index in [1.807, 2.05) is 30.1 Å². The molecule has 2 N–H and O–H groups in total. The third-order valence-electron chi connectivity index (χ3n) is 1.71. The van der Waals surface area contributed by atoms with E-state index in [4.69, 9.17) is 19.8 Å². The SMILES string of the molecule is Cn1ccc2cncnc21.O=C(O)C(=O)O. The first-order valence-electron chi connectivity index (χ1n) is 4.19. The minimum atomic E-state index is -1.82. The van der Waals surface area contributed by atoms with Crippen molar-refractivity contribution in [3.63, 3.8) is 0 Å². The van der Waals surface area contributed by atoms with E-state index in [0.29, 0.717) is 0 Å². The standard InChI is InChI=1S/C7H7N3.C2H2O4/c1-10-3-2-6-4-8-5-9-7(6)10;3-1(4)2(5)6/h2-5H,1H3;(H,3,4)(H,5,6). The summed E-state index contributed by atoms with van der Waals surface area (Å²) in [5.41, 5.74) is 0.981. The second-order valence-corrected chi connectivity index (χ2v) is 2.84. The summed E-state index contributed by atoms with van der Waals surface area (Å²) in [4.78, 5) is 26.2. The van der Waals surface area contributed by atoms with Gasteiger partial charge in [-0.25, -0.2) is 19.6 Å². The van der Waals surface area contributed by atoms with Gasteiger partial charge in [0.2, 0.25) is 0 Å². The van der Waals surface area contributed by atoms with Gasteiger partial charge in [-0.05, 0) is 6.07 Å². The van der Waals surface area contributed by atoms with Gasteiger partial charge in [-0.15, -0.1) is 0 Å². The minimum absolute atomic E-state index is 0.981. The predicted molar refractivity (Wildman–Crippen MR) is 53.8 cm³/mol. The summed E-state index contributed by atoms with van der Waals surface area (Å²) in [5, 5.41) is 15.9. The van der Waals surface area contributed by atoms with Crippen molar-refractivity contribution in [1.82, 2.24) is 14.5 Å². The van der Waals surface area contributed by atoms with Crippen molar-refractivity contribution < 1.29 is 19.8 Å². The van der Waals surface area contributed by atoms with E-state index in [-0.39, 0.29) is 0 Å². The molecule has 0 saturated carbocycles. The van der Waals surface area contributed by atoms with Gasteiger partial charge < -0.3 is 14.8 Å². The van der Waals surface area contributed by atoms with Crippen LogP contribution in [0.2, 0.25) is 0 Å². The van der Waals surface area contributed by atoms with Crippen molar-refractivity contribution in [2.45, 2.75) is 0 Å². The number of fused-ring (bicyclic) bond motifs is 1. The summed E-state index contributed by atoms with van der Waals surface area (Å²) in [5.74, 6) is -3.65. The zero-order valence-electron chi connectivity index (χ0n) is 8.36. The van der Waals surface area contributed by atoms with Crippen molar-refractivity contribution >= 4 is 23.0 Å². The molecular formula is C9H9N3O4. The van der Waals surface area contributed by atoms with Crippen LogP contribution in [0.3, 0.4) is 0 Å². The van der Waals surface area contributed by atoms with Gasteiger partial charge in [0, 0.05) is 24.8 Å². The van der Waals surface area contributed by atoms with Crippen LogP contribution < -0.4 is 0 Å². The molecule has 0 aliphatic carbocycles. The van der Waals surface area contributed by atoms with Crippen LogP contribution in [0, 0.1) is 0 Å². The van der Waals surface area contributed by atoms with Crippen LogP contribution >= 0.6 is 0 Å². The number of nitrogens with zero attached hydrogens (tertiary/aromatic N) is 3. The van der Waals surface area contributed by atoms with Gasteiger partial charge >= 0.3 is 11.9 Å². The number of hydrogen-bond donors (Lipinski definition) is 2. The molecule has 84 valence electrons. The van der Waals surface area contributed by atoms with E-state index in [2.05, 4.69) is 9.97 Å². The van der Waals surface area contributed by atoms with Gasteiger partial charge in [0.15, 0.2) is 0 Å². The van der Waals surface area contributed by atoms with Crippen molar-refractivity contribution in [3.8, 4) is 0 Å². The first-order valence-corrected chi connectivity index (χ1v) is 4.19. The maximum atomic E-state index is 9.10. The van der Waals surface area contributed by atoms with Crippen LogP contribution in [0.4, 0.5) is 0 Å². The number of carbonyl (C=O) groups is 2. The summed E-state index contributed by atoms with van der Waals surface area (Å²) in [6, 6.07) is 2.00. The van der Waals surface area contributed by atoms with Gasteiger partial charge in [-0.3, -0.25) is 0 Å². The Labute approximate surface area is 90.0 Å². The van der Waals surface area contributed by atoms with E-state index in [9.17, 15) is 0 Å². The van der Waals surface area contributed by atoms with Crippen LogP contribution in [0.5, 0.6) is 0 Å². The van der Waals surface area contributed by atoms with Gasteiger partial charge in [-0.2, -0.15) is 0 Å². The maximum Gasteiger partial charge on any atom is 0.414 e. The summed E-state index contributed by atoms with van der Waals surface area (Å²) >= 11 is 0. The Morgan fingerprint density at radius 3 is 2.44 bits per heavy atom. The molecule has 0 aliphatic rings. The molecule has 0 fully saturated rings. The molecule has 2 aromatic heterocycles. The van der Waals surface area contributed by atoms with Crippen LogP contribution in [-0.4, -0.2) is 36.7 Å². The second kappa shape index (κ2) is 4.87. The Hall–Kier alpha value is -2.44. The van der Waals surface area contributed by atoms with E-state index in [1.165, 1.54) is 0 Å². The molecule has 0 amide bonds. The van der Waals surface area contributed by atoms with Crippen LogP contribution in [0.1, 0.15) is 0 Å². The molecule has 2 rings (SSSR count). The predicted octanol–water partition coefficient (Wildman–Crippen LogP) is 0.124. The van der Waals surface area contributed by atoms with Gasteiger partial charge in [0.1, 0.15) is 12.0 Å². The van der Waals surface area contributed by atoms with Gasteiger partial charge in [0.05, 0.1) is 0 Å². The van der Waals surface area contributed by atoms with Crippen LogP contribution in [0.15, 0.2) is 24.8 Å². The van der Waals surface area contributed by atoms with Crippen molar-refractivity contribution in [1.29, 1.82) is 0 Å². The van der Waals surface area contributed by atoms with Crippen molar-refractivity contribution in [2.75, 3.05) is 0 Å². The molecule has 7 nitrogen and oxygen atoms in total. The molecule has 0 aromatic carbocycles. The number of carboxylic acids is 2. The average Bonchev–Trinajstić information content (AvgIpc) is 2.62. The highest BCUT2D eigenvalue weighted by atomic mass is 16.4. The molecule has 2 heterocycles. The molecule has 0 radical (unpaired) electrons. The quantitative estimate of drug-likeness (QED) is 0.614. The fraction of sp³-hybridized carbons (Fsp3) is 0.111. The lowest BCUT2D eigenvalue weighted by molar-refractivity contribution is -0.159. The lowest BCUT2D eigenvalue weighted by Crippen LogP contribution is -2.09. The van der Waals surface area contributed by atoms with Crippen LogP contribution in [0.25, 0.3) is 11.0 Å². The van der Waals surface area contributed by atoms with E-state index >= 15 is 0 Å². The maximum absolute atomic E-state index is 9.10. The Bertz CT molecular complexity index is 508. The van der Waals surface area contributed by atoms with Gasteiger partial charge in [-0.1, -0.05) is 0 Å². The normalized spacial score (nSPS) is 9.31. The van der Waals surface area contributed by atoms with E-state index in [0.717, 1.165) is 11.0 Å². The van der Waals surface area contributed by atoms with Crippen molar-refractivity contribution in [3.05, 3.63) is 24.8 Å². The van der Waals surface area contributed by atoms with Gasteiger partial charge in [0.25, 0.3) is 0 Å². The third-order valence-corrected chi connectivity index (χ3v) is 1.71. The third kappa shape index (κ3) is 2.77. The molecule has 0 spiro atoms. The van der Waals surface area contributed by atoms with Crippen LogP contribution in [-0.2, 0) is 16.6 Å². The lowest BCUT2D eigenvalue weighted by atomic mass is 10.4. The summed E-state index contributed by atoms with van der Waals surface area (Å²) in [6.45, 7) is 0.